The molecule has 5 nitrogen and oxygen atoms in total. The van der Waals surface area contributed by atoms with Crippen LogP contribution in [0, 0.1) is 0 Å². The Morgan fingerprint density at radius 2 is 2.12 bits per heavy atom. The molecule has 1 unspecified atom stereocenters. The molecule has 0 saturated carbocycles. The van der Waals surface area contributed by atoms with E-state index in [0.717, 1.165) is 0 Å². The van der Waals surface area contributed by atoms with E-state index in [0.29, 0.717) is 23.6 Å². The summed E-state index contributed by atoms with van der Waals surface area (Å²) in [5.74, 6) is 0.0340. The highest BCUT2D eigenvalue weighted by molar-refractivity contribution is 5.90. The summed E-state index contributed by atoms with van der Waals surface area (Å²) in [6.07, 6.45) is -0.295. The van der Waals surface area contributed by atoms with Crippen LogP contribution in [0.4, 0.5) is 5.69 Å². The Balaban J connectivity index is 2.75. The van der Waals surface area contributed by atoms with Crippen LogP contribution >= 0.6 is 0 Å². The monoisotopic (exact) mass is 239 g/mol. The predicted octanol–water partition coefficient (Wildman–Crippen LogP) is 1.47. The zero-order valence-corrected chi connectivity index (χ0v) is 10.2. The van der Waals surface area contributed by atoms with E-state index in [1.165, 1.54) is 7.11 Å². The van der Waals surface area contributed by atoms with E-state index in [-0.39, 0.29) is 6.10 Å². The maximum atomic E-state index is 11.7. The summed E-state index contributed by atoms with van der Waals surface area (Å²) in [5, 5.41) is 0. The number of rotatable bonds is 5. The van der Waals surface area contributed by atoms with Gasteiger partial charge in [0.2, 0.25) is 0 Å². The van der Waals surface area contributed by atoms with Gasteiger partial charge in [0.05, 0.1) is 25.0 Å². The quantitative estimate of drug-likeness (QED) is 0.622. The molecule has 0 amide bonds. The molecule has 1 aromatic rings. The van der Waals surface area contributed by atoms with Crippen LogP contribution in [-0.2, 0) is 9.47 Å². The van der Waals surface area contributed by atoms with Gasteiger partial charge in [0.25, 0.3) is 0 Å². The Hall–Kier alpha value is -1.75. The van der Waals surface area contributed by atoms with Gasteiger partial charge in [-0.1, -0.05) is 0 Å². The fourth-order valence-corrected chi connectivity index (χ4v) is 1.36. The van der Waals surface area contributed by atoms with Crippen molar-refractivity contribution in [2.24, 2.45) is 0 Å². The number of anilines is 1. The molecule has 0 saturated heterocycles. The van der Waals surface area contributed by atoms with Gasteiger partial charge in [0.1, 0.15) is 11.9 Å². The molecule has 5 heteroatoms. The summed E-state index contributed by atoms with van der Waals surface area (Å²) in [7, 11) is 3.05. The molecule has 17 heavy (non-hydrogen) atoms. The first-order valence-corrected chi connectivity index (χ1v) is 5.22. The molecule has 0 spiro atoms. The first kappa shape index (κ1) is 13.3. The summed E-state index contributed by atoms with van der Waals surface area (Å²) >= 11 is 0. The molecular formula is C12H17NO4. The fraction of sp³-hybridized carbons (Fsp3) is 0.417. The van der Waals surface area contributed by atoms with Gasteiger partial charge in [0.15, 0.2) is 0 Å². The molecule has 2 N–H and O–H groups in total. The van der Waals surface area contributed by atoms with Crippen molar-refractivity contribution in [3.8, 4) is 5.75 Å². The third-order valence-corrected chi connectivity index (χ3v) is 2.18. The number of hydrogen-bond donors (Lipinski definition) is 1. The molecule has 0 aliphatic carbocycles. The Labute approximate surface area is 100 Å². The zero-order chi connectivity index (χ0) is 12.8. The molecule has 0 aliphatic heterocycles. The lowest BCUT2D eigenvalue weighted by Crippen LogP contribution is -2.19. The van der Waals surface area contributed by atoms with E-state index in [1.807, 2.05) is 0 Å². The largest absolute Gasteiger partial charge is 0.495 e. The molecule has 0 fully saturated rings. The van der Waals surface area contributed by atoms with E-state index in [9.17, 15) is 4.79 Å². The molecule has 1 aromatic carbocycles. The predicted molar refractivity (Wildman–Crippen MR) is 64.2 cm³/mol. The third kappa shape index (κ3) is 3.64. The number of carbonyl (C=O) groups is 1. The van der Waals surface area contributed by atoms with Gasteiger partial charge >= 0.3 is 5.97 Å². The Kier molecular flexibility index (Phi) is 4.78. The molecule has 0 heterocycles. The molecule has 0 bridgehead atoms. The number of hydrogen-bond acceptors (Lipinski definition) is 5. The highest BCUT2D eigenvalue weighted by Gasteiger charge is 2.13. The minimum atomic E-state index is -0.423. The van der Waals surface area contributed by atoms with Crippen LogP contribution in [0.3, 0.4) is 0 Å². The average Bonchev–Trinajstić information content (AvgIpc) is 2.29. The lowest BCUT2D eigenvalue weighted by Gasteiger charge is -2.13. The zero-order valence-electron chi connectivity index (χ0n) is 10.2. The molecule has 94 valence electrons. The topological polar surface area (TPSA) is 70.8 Å². The van der Waals surface area contributed by atoms with Gasteiger partial charge in [0, 0.05) is 7.11 Å². The van der Waals surface area contributed by atoms with Crippen molar-refractivity contribution in [2.45, 2.75) is 13.0 Å². The van der Waals surface area contributed by atoms with Gasteiger partial charge < -0.3 is 19.9 Å². The van der Waals surface area contributed by atoms with E-state index in [1.54, 1.807) is 32.2 Å². The van der Waals surface area contributed by atoms with Gasteiger partial charge in [-0.15, -0.1) is 0 Å². The van der Waals surface area contributed by atoms with Gasteiger partial charge in [-0.05, 0) is 25.1 Å². The Bertz CT molecular complexity index is 392. The molecule has 0 aliphatic rings. The summed E-state index contributed by atoms with van der Waals surface area (Å²) in [6, 6.07) is 4.76. The van der Waals surface area contributed by atoms with Gasteiger partial charge in [-0.25, -0.2) is 4.79 Å². The lowest BCUT2D eigenvalue weighted by molar-refractivity contribution is 0.0120. The average molecular weight is 239 g/mol. The number of nitrogen functional groups attached to an aromatic ring is 1. The molecule has 0 radical (unpaired) electrons. The van der Waals surface area contributed by atoms with Gasteiger partial charge in [-0.3, -0.25) is 0 Å². The van der Waals surface area contributed by atoms with Crippen molar-refractivity contribution in [3.63, 3.8) is 0 Å². The van der Waals surface area contributed by atoms with Crippen molar-refractivity contribution in [1.82, 2.24) is 0 Å². The number of benzene rings is 1. The highest BCUT2D eigenvalue weighted by atomic mass is 16.6. The number of nitrogens with two attached hydrogens (primary N) is 1. The van der Waals surface area contributed by atoms with Crippen LogP contribution < -0.4 is 10.5 Å². The summed E-state index contributed by atoms with van der Waals surface area (Å²) in [5.41, 5.74) is 6.53. The number of methoxy groups -OCH3 is 2. The second-order valence-corrected chi connectivity index (χ2v) is 3.63. The standard InChI is InChI=1S/C12H17NO4/c1-8(7-15-2)17-12(14)9-4-5-10(13)11(6-9)16-3/h4-6,8H,7,13H2,1-3H3. The maximum absolute atomic E-state index is 11.7. The van der Waals surface area contributed by atoms with Crippen LogP contribution in [0.1, 0.15) is 17.3 Å². The van der Waals surface area contributed by atoms with Crippen molar-refractivity contribution in [3.05, 3.63) is 23.8 Å². The molecule has 1 atom stereocenters. The van der Waals surface area contributed by atoms with Crippen molar-refractivity contribution in [1.29, 1.82) is 0 Å². The Morgan fingerprint density at radius 1 is 1.41 bits per heavy atom. The minimum absolute atomic E-state index is 0.295. The van der Waals surface area contributed by atoms with Crippen LogP contribution in [-0.4, -0.2) is 32.9 Å². The second kappa shape index (κ2) is 6.10. The first-order valence-electron chi connectivity index (χ1n) is 5.22. The number of carbonyl (C=O) groups excluding carboxylic acids is 1. The molecule has 0 aromatic heterocycles. The number of ether oxygens (including phenoxy) is 3. The van der Waals surface area contributed by atoms with E-state index < -0.39 is 5.97 Å². The van der Waals surface area contributed by atoms with E-state index in [4.69, 9.17) is 19.9 Å². The number of esters is 1. The van der Waals surface area contributed by atoms with E-state index in [2.05, 4.69) is 0 Å². The van der Waals surface area contributed by atoms with Crippen LogP contribution in [0.15, 0.2) is 18.2 Å². The normalized spacial score (nSPS) is 11.9. The van der Waals surface area contributed by atoms with Crippen LogP contribution in [0.25, 0.3) is 0 Å². The molecular weight excluding hydrogens is 222 g/mol. The van der Waals surface area contributed by atoms with Crippen molar-refractivity contribution < 1.29 is 19.0 Å². The third-order valence-electron chi connectivity index (χ3n) is 2.18. The second-order valence-electron chi connectivity index (χ2n) is 3.63. The van der Waals surface area contributed by atoms with Crippen molar-refractivity contribution >= 4 is 11.7 Å². The maximum Gasteiger partial charge on any atom is 0.338 e. The Morgan fingerprint density at radius 3 is 2.71 bits per heavy atom. The minimum Gasteiger partial charge on any atom is -0.495 e. The summed E-state index contributed by atoms with van der Waals surface area (Å²) < 4.78 is 15.1. The summed E-state index contributed by atoms with van der Waals surface area (Å²) in [6.45, 7) is 2.12. The highest BCUT2D eigenvalue weighted by Crippen LogP contribution is 2.22. The van der Waals surface area contributed by atoms with Crippen molar-refractivity contribution in [2.75, 3.05) is 26.6 Å². The van der Waals surface area contributed by atoms with Crippen LogP contribution in [0.2, 0.25) is 0 Å². The smallest absolute Gasteiger partial charge is 0.338 e. The summed E-state index contributed by atoms with van der Waals surface area (Å²) in [4.78, 5) is 11.7. The van der Waals surface area contributed by atoms with Gasteiger partial charge in [-0.2, -0.15) is 0 Å². The SMILES string of the molecule is COCC(C)OC(=O)c1ccc(N)c(OC)c1. The molecule has 1 rings (SSSR count). The fourth-order valence-electron chi connectivity index (χ4n) is 1.36. The van der Waals surface area contributed by atoms with Crippen LogP contribution in [0.5, 0.6) is 5.75 Å². The lowest BCUT2D eigenvalue weighted by atomic mass is 10.2. The first-order chi connectivity index (χ1) is 8.08. The van der Waals surface area contributed by atoms with E-state index >= 15 is 0 Å².